The van der Waals surface area contributed by atoms with E-state index >= 15 is 0 Å². The van der Waals surface area contributed by atoms with Gasteiger partial charge in [0.05, 0.1) is 18.7 Å². The van der Waals surface area contributed by atoms with E-state index in [1.807, 2.05) is 31.2 Å². The molecule has 96 valence electrons. The zero-order chi connectivity index (χ0) is 13.7. The summed E-state index contributed by atoms with van der Waals surface area (Å²) >= 11 is 0. The highest BCUT2D eigenvalue weighted by Crippen LogP contribution is 2.23. The lowest BCUT2D eigenvalue weighted by Gasteiger charge is -2.12. The molecule has 0 heterocycles. The van der Waals surface area contributed by atoms with E-state index in [1.165, 1.54) is 0 Å². The molecule has 2 aromatic carbocycles. The van der Waals surface area contributed by atoms with E-state index < -0.39 is 0 Å². The number of para-hydroxylation sites is 1. The Morgan fingerprint density at radius 1 is 1.11 bits per heavy atom. The van der Waals surface area contributed by atoms with Crippen molar-refractivity contribution in [2.75, 3.05) is 7.11 Å². The molecule has 3 nitrogen and oxygen atoms in total. The first-order chi connectivity index (χ1) is 9.24. The number of nitriles is 1. The van der Waals surface area contributed by atoms with Crippen LogP contribution in [-0.4, -0.2) is 7.11 Å². The number of ether oxygens (including phenoxy) is 2. The Labute approximate surface area is 113 Å². The minimum atomic E-state index is 0.379. The van der Waals surface area contributed by atoms with Crippen molar-refractivity contribution in [2.24, 2.45) is 0 Å². The molecule has 0 fully saturated rings. The Balaban J connectivity index is 2.19. The zero-order valence-corrected chi connectivity index (χ0v) is 11.0. The maximum atomic E-state index is 8.92. The lowest BCUT2D eigenvalue weighted by molar-refractivity contribution is 0.295. The summed E-state index contributed by atoms with van der Waals surface area (Å²) in [5, 5.41) is 8.92. The minimum Gasteiger partial charge on any atom is -0.496 e. The lowest BCUT2D eigenvalue weighted by Crippen LogP contribution is -2.00. The van der Waals surface area contributed by atoms with E-state index in [1.54, 1.807) is 25.3 Å². The smallest absolute Gasteiger partial charge is 0.125 e. The molecule has 3 heteroatoms. The predicted molar refractivity (Wildman–Crippen MR) is 73.2 cm³/mol. The molecule has 0 atom stereocenters. The van der Waals surface area contributed by atoms with Crippen LogP contribution in [-0.2, 0) is 6.61 Å². The molecule has 0 aliphatic carbocycles. The number of rotatable bonds is 4. The van der Waals surface area contributed by atoms with E-state index in [0.717, 1.165) is 22.6 Å². The molecule has 0 unspecified atom stereocenters. The number of aryl methyl sites for hydroxylation is 1. The van der Waals surface area contributed by atoms with Gasteiger partial charge in [-0.3, -0.25) is 0 Å². The third-order valence-electron chi connectivity index (χ3n) is 2.89. The van der Waals surface area contributed by atoms with Crippen LogP contribution < -0.4 is 9.47 Å². The molecule has 0 aliphatic rings. The number of methoxy groups -OCH3 is 1. The van der Waals surface area contributed by atoms with Gasteiger partial charge in [-0.15, -0.1) is 0 Å². The Hall–Kier alpha value is -2.47. The van der Waals surface area contributed by atoms with E-state index in [-0.39, 0.29) is 0 Å². The van der Waals surface area contributed by atoms with Crippen molar-refractivity contribution in [1.29, 1.82) is 5.26 Å². The third kappa shape index (κ3) is 3.05. The second-order valence-electron chi connectivity index (χ2n) is 4.19. The van der Waals surface area contributed by atoms with Crippen LogP contribution in [0.4, 0.5) is 0 Å². The number of hydrogen-bond acceptors (Lipinski definition) is 3. The molecular formula is C16H15NO2. The van der Waals surface area contributed by atoms with Crippen LogP contribution in [0.5, 0.6) is 11.5 Å². The van der Waals surface area contributed by atoms with Crippen LogP contribution >= 0.6 is 0 Å². The highest BCUT2D eigenvalue weighted by atomic mass is 16.5. The fraction of sp³-hybridized carbons (Fsp3) is 0.188. The largest absolute Gasteiger partial charge is 0.496 e. The second-order valence-corrected chi connectivity index (χ2v) is 4.19. The summed E-state index contributed by atoms with van der Waals surface area (Å²) in [7, 11) is 1.61. The molecule has 0 N–H and O–H groups in total. The summed E-state index contributed by atoms with van der Waals surface area (Å²) in [6.45, 7) is 2.38. The molecule has 2 rings (SSSR count). The van der Waals surface area contributed by atoms with Crippen molar-refractivity contribution < 1.29 is 9.47 Å². The van der Waals surface area contributed by atoms with Crippen molar-refractivity contribution in [3.8, 4) is 17.6 Å². The first-order valence-electron chi connectivity index (χ1n) is 6.00. The first kappa shape index (κ1) is 13.0. The fourth-order valence-electron chi connectivity index (χ4n) is 1.83. The maximum absolute atomic E-state index is 8.92. The standard InChI is InChI=1S/C16H15NO2/c1-12-5-3-4-6-15(12)19-11-14-9-13(10-17)7-8-16(14)18-2/h3-9H,11H2,1-2H3. The van der Waals surface area contributed by atoms with Gasteiger partial charge < -0.3 is 9.47 Å². The monoisotopic (exact) mass is 253 g/mol. The van der Waals surface area contributed by atoms with Crippen molar-refractivity contribution in [3.05, 3.63) is 59.2 Å². The van der Waals surface area contributed by atoms with Crippen LogP contribution in [0.2, 0.25) is 0 Å². The van der Waals surface area contributed by atoms with E-state index in [0.29, 0.717) is 12.2 Å². The molecule has 0 radical (unpaired) electrons. The predicted octanol–water partition coefficient (Wildman–Crippen LogP) is 3.45. The van der Waals surface area contributed by atoms with Crippen molar-refractivity contribution in [1.82, 2.24) is 0 Å². The Bertz CT molecular complexity index is 614. The highest BCUT2D eigenvalue weighted by molar-refractivity contribution is 5.42. The topological polar surface area (TPSA) is 42.2 Å². The van der Waals surface area contributed by atoms with Crippen LogP contribution in [0.25, 0.3) is 0 Å². The minimum absolute atomic E-state index is 0.379. The van der Waals surface area contributed by atoms with E-state index in [2.05, 4.69) is 6.07 Å². The summed E-state index contributed by atoms with van der Waals surface area (Å²) in [6, 6.07) is 15.3. The van der Waals surface area contributed by atoms with Crippen molar-refractivity contribution in [3.63, 3.8) is 0 Å². The molecule has 2 aromatic rings. The van der Waals surface area contributed by atoms with Crippen LogP contribution in [0.15, 0.2) is 42.5 Å². The van der Waals surface area contributed by atoms with Gasteiger partial charge >= 0.3 is 0 Å². The van der Waals surface area contributed by atoms with Gasteiger partial charge in [0.25, 0.3) is 0 Å². The molecule has 0 spiro atoms. The maximum Gasteiger partial charge on any atom is 0.125 e. The van der Waals surface area contributed by atoms with Gasteiger partial charge in [0.2, 0.25) is 0 Å². The Morgan fingerprint density at radius 2 is 1.89 bits per heavy atom. The summed E-state index contributed by atoms with van der Waals surface area (Å²) in [6.07, 6.45) is 0. The van der Waals surface area contributed by atoms with Gasteiger partial charge in [-0.25, -0.2) is 0 Å². The van der Waals surface area contributed by atoms with Gasteiger partial charge in [0, 0.05) is 5.56 Å². The Kier molecular flexibility index (Phi) is 4.04. The van der Waals surface area contributed by atoms with Gasteiger partial charge in [0.1, 0.15) is 18.1 Å². The summed E-state index contributed by atoms with van der Waals surface area (Å²) < 4.78 is 11.0. The second kappa shape index (κ2) is 5.92. The zero-order valence-electron chi connectivity index (χ0n) is 11.0. The van der Waals surface area contributed by atoms with E-state index in [9.17, 15) is 0 Å². The summed E-state index contributed by atoms with van der Waals surface area (Å²) in [5.41, 5.74) is 2.55. The molecule has 19 heavy (non-hydrogen) atoms. The van der Waals surface area contributed by atoms with Crippen LogP contribution in [0.1, 0.15) is 16.7 Å². The summed E-state index contributed by atoms with van der Waals surface area (Å²) in [5.74, 6) is 1.57. The number of nitrogens with zero attached hydrogens (tertiary/aromatic N) is 1. The normalized spacial score (nSPS) is 9.74. The van der Waals surface area contributed by atoms with Crippen LogP contribution in [0, 0.1) is 18.3 Å². The summed E-state index contributed by atoms with van der Waals surface area (Å²) in [4.78, 5) is 0. The number of benzene rings is 2. The molecule has 0 amide bonds. The quantitative estimate of drug-likeness (QED) is 0.838. The van der Waals surface area contributed by atoms with E-state index in [4.69, 9.17) is 14.7 Å². The lowest BCUT2D eigenvalue weighted by atomic mass is 10.1. The SMILES string of the molecule is COc1ccc(C#N)cc1COc1ccccc1C. The average molecular weight is 253 g/mol. The molecule has 0 saturated carbocycles. The molecule has 0 bridgehead atoms. The molecular weight excluding hydrogens is 238 g/mol. The molecule has 0 aliphatic heterocycles. The Morgan fingerprint density at radius 3 is 2.58 bits per heavy atom. The molecule has 0 aromatic heterocycles. The van der Waals surface area contributed by atoms with Gasteiger partial charge in [-0.1, -0.05) is 18.2 Å². The van der Waals surface area contributed by atoms with Gasteiger partial charge in [-0.2, -0.15) is 5.26 Å². The molecule has 0 saturated heterocycles. The third-order valence-corrected chi connectivity index (χ3v) is 2.89. The first-order valence-corrected chi connectivity index (χ1v) is 6.00. The van der Waals surface area contributed by atoms with Crippen molar-refractivity contribution >= 4 is 0 Å². The number of hydrogen-bond donors (Lipinski definition) is 0. The highest BCUT2D eigenvalue weighted by Gasteiger charge is 2.06. The average Bonchev–Trinajstić information content (AvgIpc) is 2.46. The van der Waals surface area contributed by atoms with Crippen LogP contribution in [0.3, 0.4) is 0 Å². The van der Waals surface area contributed by atoms with Gasteiger partial charge in [-0.05, 0) is 36.8 Å². The van der Waals surface area contributed by atoms with Gasteiger partial charge in [0.15, 0.2) is 0 Å². The van der Waals surface area contributed by atoms with Crippen molar-refractivity contribution in [2.45, 2.75) is 13.5 Å². The fourth-order valence-corrected chi connectivity index (χ4v) is 1.83.